The molecule has 1 rings (SSSR count). The maximum absolute atomic E-state index is 11.6. The molecule has 1 aromatic heterocycles. The molecule has 1 heterocycles. The molecule has 0 aliphatic heterocycles. The fourth-order valence-electron chi connectivity index (χ4n) is 1.06. The Labute approximate surface area is 90.8 Å². The Morgan fingerprint density at radius 2 is 2.57 bits per heavy atom. The third kappa shape index (κ3) is 2.44. The van der Waals surface area contributed by atoms with Gasteiger partial charge in [0.15, 0.2) is 5.78 Å². The molecule has 4 nitrogen and oxygen atoms in total. The zero-order valence-corrected chi connectivity index (χ0v) is 9.34. The normalized spacial score (nSPS) is 9.79. The lowest BCUT2D eigenvalue weighted by molar-refractivity contribution is 0.0983. The highest BCUT2D eigenvalue weighted by molar-refractivity contribution is 9.10. The number of aromatic nitrogens is 2. The van der Waals surface area contributed by atoms with Crippen molar-refractivity contribution in [2.24, 2.45) is 7.05 Å². The van der Waals surface area contributed by atoms with Crippen molar-refractivity contribution in [1.29, 1.82) is 0 Å². The van der Waals surface area contributed by atoms with Gasteiger partial charge in [-0.2, -0.15) is 5.10 Å². The van der Waals surface area contributed by atoms with Crippen LogP contribution in [0.3, 0.4) is 0 Å². The summed E-state index contributed by atoms with van der Waals surface area (Å²) in [4.78, 5) is 11.6. The van der Waals surface area contributed by atoms with Crippen LogP contribution < -0.4 is 5.32 Å². The quantitative estimate of drug-likeness (QED) is 0.487. The summed E-state index contributed by atoms with van der Waals surface area (Å²) in [6, 6.07) is 0. The molecule has 0 unspecified atom stereocenters. The molecule has 14 heavy (non-hydrogen) atoms. The van der Waals surface area contributed by atoms with Crippen LogP contribution in [0.1, 0.15) is 10.5 Å². The zero-order chi connectivity index (χ0) is 10.6. The molecular weight excluding hydrogens is 246 g/mol. The minimum atomic E-state index is -0.0351. The standard InChI is InChI=1S/C9H10BrN3O/c1-3-4-11-6-8(14)9-7(10)5-12-13(9)2/h1,5,11H,4,6H2,2H3. The predicted molar refractivity (Wildman–Crippen MR) is 56.9 cm³/mol. The van der Waals surface area contributed by atoms with E-state index in [4.69, 9.17) is 6.42 Å². The van der Waals surface area contributed by atoms with E-state index in [-0.39, 0.29) is 12.3 Å². The molecule has 0 amide bonds. The van der Waals surface area contributed by atoms with Crippen molar-refractivity contribution in [2.75, 3.05) is 13.1 Å². The van der Waals surface area contributed by atoms with E-state index in [1.807, 2.05) is 0 Å². The monoisotopic (exact) mass is 255 g/mol. The Hall–Kier alpha value is -1.12. The Kier molecular flexibility index (Phi) is 3.86. The predicted octanol–water partition coefficient (Wildman–Crippen LogP) is 0.588. The zero-order valence-electron chi connectivity index (χ0n) is 7.75. The smallest absolute Gasteiger partial charge is 0.195 e. The van der Waals surface area contributed by atoms with Gasteiger partial charge in [-0.15, -0.1) is 6.42 Å². The molecule has 0 radical (unpaired) electrons. The molecule has 0 bridgehead atoms. The fraction of sp³-hybridized carbons (Fsp3) is 0.333. The van der Waals surface area contributed by atoms with E-state index in [9.17, 15) is 4.79 Å². The van der Waals surface area contributed by atoms with E-state index in [0.29, 0.717) is 16.7 Å². The third-order valence-electron chi connectivity index (χ3n) is 1.67. The molecule has 1 aromatic rings. The Morgan fingerprint density at radius 3 is 3.07 bits per heavy atom. The minimum Gasteiger partial charge on any atom is -0.299 e. The highest BCUT2D eigenvalue weighted by atomic mass is 79.9. The van der Waals surface area contributed by atoms with Crippen LogP contribution in [0.2, 0.25) is 0 Å². The molecule has 0 atom stereocenters. The number of hydrogen-bond donors (Lipinski definition) is 1. The molecule has 1 N–H and O–H groups in total. The van der Waals surface area contributed by atoms with Gasteiger partial charge in [0.05, 0.1) is 23.8 Å². The highest BCUT2D eigenvalue weighted by Gasteiger charge is 2.13. The largest absolute Gasteiger partial charge is 0.299 e. The summed E-state index contributed by atoms with van der Waals surface area (Å²) in [7, 11) is 1.72. The first-order chi connectivity index (χ1) is 6.66. The van der Waals surface area contributed by atoms with E-state index in [1.54, 1.807) is 13.2 Å². The summed E-state index contributed by atoms with van der Waals surface area (Å²) >= 11 is 3.25. The number of Topliss-reactive ketones (excluding diaryl/α,β-unsaturated/α-hetero) is 1. The van der Waals surface area contributed by atoms with Gasteiger partial charge in [-0.05, 0) is 15.9 Å². The number of carbonyl (C=O) groups excluding carboxylic acids is 1. The Balaban J connectivity index is 2.66. The van der Waals surface area contributed by atoms with E-state index >= 15 is 0 Å². The van der Waals surface area contributed by atoms with Crippen molar-refractivity contribution in [3.05, 3.63) is 16.4 Å². The van der Waals surface area contributed by atoms with Gasteiger partial charge in [-0.1, -0.05) is 5.92 Å². The van der Waals surface area contributed by atoms with Crippen LogP contribution >= 0.6 is 15.9 Å². The summed E-state index contributed by atoms with van der Waals surface area (Å²) in [5, 5.41) is 6.78. The van der Waals surface area contributed by atoms with Crippen molar-refractivity contribution >= 4 is 21.7 Å². The van der Waals surface area contributed by atoms with Crippen molar-refractivity contribution in [2.45, 2.75) is 0 Å². The van der Waals surface area contributed by atoms with Crippen molar-refractivity contribution in [1.82, 2.24) is 15.1 Å². The van der Waals surface area contributed by atoms with E-state index in [1.165, 1.54) is 4.68 Å². The molecule has 0 fully saturated rings. The van der Waals surface area contributed by atoms with Gasteiger partial charge in [0.1, 0.15) is 5.69 Å². The lowest BCUT2D eigenvalue weighted by atomic mass is 10.3. The first kappa shape index (κ1) is 11.0. The van der Waals surface area contributed by atoms with Crippen LogP contribution in [-0.2, 0) is 7.05 Å². The molecule has 0 saturated heterocycles. The second-order valence-electron chi connectivity index (χ2n) is 2.70. The maximum Gasteiger partial charge on any atom is 0.195 e. The number of rotatable bonds is 4. The number of aryl methyl sites for hydroxylation is 1. The number of carbonyl (C=O) groups is 1. The molecule has 5 heteroatoms. The molecule has 0 saturated carbocycles. The number of halogens is 1. The fourth-order valence-corrected chi connectivity index (χ4v) is 1.63. The van der Waals surface area contributed by atoms with Gasteiger partial charge in [0.2, 0.25) is 0 Å². The van der Waals surface area contributed by atoms with Crippen LogP contribution in [0.25, 0.3) is 0 Å². The van der Waals surface area contributed by atoms with Gasteiger partial charge < -0.3 is 0 Å². The van der Waals surface area contributed by atoms with Crippen LogP contribution in [-0.4, -0.2) is 28.7 Å². The summed E-state index contributed by atoms with van der Waals surface area (Å²) in [5.41, 5.74) is 0.550. The van der Waals surface area contributed by atoms with Gasteiger partial charge in [0.25, 0.3) is 0 Å². The number of hydrogen-bond acceptors (Lipinski definition) is 3. The topological polar surface area (TPSA) is 46.9 Å². The summed E-state index contributed by atoms with van der Waals surface area (Å²) in [6.45, 7) is 0.615. The number of nitrogens with one attached hydrogen (secondary N) is 1. The van der Waals surface area contributed by atoms with Crippen LogP contribution in [0, 0.1) is 12.3 Å². The molecule has 0 aliphatic rings. The molecule has 0 aromatic carbocycles. The van der Waals surface area contributed by atoms with Crippen LogP contribution in [0.15, 0.2) is 10.7 Å². The number of nitrogens with zero attached hydrogens (tertiary/aromatic N) is 2. The van der Waals surface area contributed by atoms with Crippen LogP contribution in [0.4, 0.5) is 0 Å². The van der Waals surface area contributed by atoms with E-state index in [2.05, 4.69) is 32.3 Å². The highest BCUT2D eigenvalue weighted by Crippen LogP contribution is 2.14. The molecular formula is C9H10BrN3O. The lowest BCUT2D eigenvalue weighted by Crippen LogP contribution is -2.25. The summed E-state index contributed by atoms with van der Waals surface area (Å²) in [5.74, 6) is 2.37. The summed E-state index contributed by atoms with van der Waals surface area (Å²) in [6.07, 6.45) is 6.63. The van der Waals surface area contributed by atoms with Crippen molar-refractivity contribution < 1.29 is 4.79 Å². The van der Waals surface area contributed by atoms with Gasteiger partial charge in [0, 0.05) is 7.05 Å². The molecule has 0 spiro atoms. The SMILES string of the molecule is C#CCNCC(=O)c1c(Br)cnn1C. The molecule has 74 valence electrons. The Morgan fingerprint density at radius 1 is 1.86 bits per heavy atom. The second kappa shape index (κ2) is 4.94. The number of ketones is 1. The van der Waals surface area contributed by atoms with Gasteiger partial charge in [-0.3, -0.25) is 14.8 Å². The van der Waals surface area contributed by atoms with Crippen LogP contribution in [0.5, 0.6) is 0 Å². The Bertz CT molecular complexity index is 358. The average molecular weight is 256 g/mol. The molecule has 0 aliphatic carbocycles. The van der Waals surface area contributed by atoms with E-state index in [0.717, 1.165) is 0 Å². The summed E-state index contributed by atoms with van der Waals surface area (Å²) < 4.78 is 2.23. The average Bonchev–Trinajstić information content (AvgIpc) is 2.46. The third-order valence-corrected chi connectivity index (χ3v) is 2.25. The van der Waals surface area contributed by atoms with Gasteiger partial charge >= 0.3 is 0 Å². The van der Waals surface area contributed by atoms with E-state index < -0.39 is 0 Å². The minimum absolute atomic E-state index is 0.0351. The maximum atomic E-state index is 11.6. The lowest BCUT2D eigenvalue weighted by Gasteiger charge is -2.02. The second-order valence-corrected chi connectivity index (χ2v) is 3.55. The first-order valence-electron chi connectivity index (χ1n) is 4.01. The van der Waals surface area contributed by atoms with Crippen molar-refractivity contribution in [3.63, 3.8) is 0 Å². The van der Waals surface area contributed by atoms with Gasteiger partial charge in [-0.25, -0.2) is 0 Å². The van der Waals surface area contributed by atoms with Crippen molar-refractivity contribution in [3.8, 4) is 12.3 Å². The number of terminal acetylenes is 1. The first-order valence-corrected chi connectivity index (χ1v) is 4.81.